The molecule has 1 N–H and O–H groups in total. The van der Waals surface area contributed by atoms with Gasteiger partial charge in [-0.05, 0) is 83.3 Å². The number of rotatable bonds is 10. The second-order valence-electron chi connectivity index (χ2n) is 8.72. The molecule has 4 nitrogen and oxygen atoms in total. The highest BCUT2D eigenvalue weighted by molar-refractivity contribution is 5.92. The molecule has 0 aliphatic carbocycles. The lowest BCUT2D eigenvalue weighted by Gasteiger charge is -2.22. The Morgan fingerprint density at radius 3 is 2.12 bits per heavy atom. The van der Waals surface area contributed by atoms with Crippen LogP contribution in [0, 0.1) is 0 Å². The third kappa shape index (κ3) is 5.74. The quantitative estimate of drug-likeness (QED) is 0.250. The first-order chi connectivity index (χ1) is 16.4. The topological polar surface area (TPSA) is 63.6 Å². The minimum atomic E-state index is -0.887. The van der Waals surface area contributed by atoms with Gasteiger partial charge in [0.25, 0.3) is 0 Å². The van der Waals surface area contributed by atoms with Crippen molar-refractivity contribution in [3.05, 3.63) is 88.5 Å². The number of aryl methyl sites for hydroxylation is 1. The molecule has 178 valence electrons. The Morgan fingerprint density at radius 2 is 1.56 bits per heavy atom. The highest BCUT2D eigenvalue weighted by Gasteiger charge is 2.21. The molecule has 34 heavy (non-hydrogen) atoms. The summed E-state index contributed by atoms with van der Waals surface area (Å²) in [5, 5.41) is 9.74. The van der Waals surface area contributed by atoms with Gasteiger partial charge in [0.15, 0.2) is 0 Å². The van der Waals surface area contributed by atoms with Gasteiger partial charge in [-0.3, -0.25) is 0 Å². The van der Waals surface area contributed by atoms with Crippen molar-refractivity contribution < 1.29 is 19.4 Å². The van der Waals surface area contributed by atoms with Crippen molar-refractivity contribution in [3.63, 3.8) is 0 Å². The molecule has 0 heterocycles. The van der Waals surface area contributed by atoms with Gasteiger partial charge < -0.3 is 9.84 Å². The first kappa shape index (κ1) is 25.2. The number of unbranched alkanes of at least 4 members (excludes halogenated alkanes) is 1. The number of carbonyl (C=O) groups excluding carboxylic acids is 1. The van der Waals surface area contributed by atoms with Crippen LogP contribution in [-0.2, 0) is 12.8 Å². The molecule has 3 aromatic rings. The number of aromatic carboxylic acids is 1. The molecule has 1 unspecified atom stereocenters. The van der Waals surface area contributed by atoms with Crippen LogP contribution in [0.2, 0.25) is 0 Å². The normalized spacial score (nSPS) is 11.8. The molecule has 0 aliphatic rings. The maximum atomic E-state index is 12.5. The van der Waals surface area contributed by atoms with E-state index in [4.69, 9.17) is 4.74 Å². The van der Waals surface area contributed by atoms with E-state index in [1.165, 1.54) is 5.56 Å². The average molecular weight is 459 g/mol. The van der Waals surface area contributed by atoms with E-state index in [9.17, 15) is 14.7 Å². The van der Waals surface area contributed by atoms with E-state index in [0.717, 1.165) is 47.9 Å². The minimum absolute atomic E-state index is 0.243. The van der Waals surface area contributed by atoms with Gasteiger partial charge in [0.2, 0.25) is 0 Å². The smallest absolute Gasteiger partial charge is 0.343 e. The molecule has 0 bridgehead atoms. The maximum Gasteiger partial charge on any atom is 0.343 e. The van der Waals surface area contributed by atoms with Crippen molar-refractivity contribution in [2.75, 3.05) is 0 Å². The number of carboxylic acids is 1. The second-order valence-corrected chi connectivity index (χ2v) is 8.72. The van der Waals surface area contributed by atoms with E-state index in [-0.39, 0.29) is 11.9 Å². The van der Waals surface area contributed by atoms with Crippen LogP contribution >= 0.6 is 0 Å². The molecular formula is C30H34O4. The standard InChI is InChI=1S/C30H34O4/c1-5-8-9-20(4)28-25(7-3)27(29(31)32)19-18-26(28)22-14-16-24(17-15-22)34-30(33)23-12-10-21(6-2)11-13-23/h10-20H,5-9H2,1-4H3,(H,31,32). The maximum absolute atomic E-state index is 12.5. The zero-order chi connectivity index (χ0) is 24.7. The Hall–Kier alpha value is -3.40. The van der Waals surface area contributed by atoms with Gasteiger partial charge in [0, 0.05) is 0 Å². The summed E-state index contributed by atoms with van der Waals surface area (Å²) in [5.74, 6) is -0.551. The number of ether oxygens (including phenoxy) is 1. The highest BCUT2D eigenvalue weighted by atomic mass is 16.5. The van der Waals surface area contributed by atoms with Crippen LogP contribution in [0.1, 0.15) is 90.3 Å². The van der Waals surface area contributed by atoms with E-state index in [0.29, 0.717) is 23.3 Å². The molecule has 0 fully saturated rings. The fourth-order valence-corrected chi connectivity index (χ4v) is 4.46. The van der Waals surface area contributed by atoms with Gasteiger partial charge in [0.05, 0.1) is 11.1 Å². The predicted octanol–water partition coefficient (Wildman–Crippen LogP) is 7.69. The fourth-order valence-electron chi connectivity index (χ4n) is 4.46. The van der Waals surface area contributed by atoms with E-state index >= 15 is 0 Å². The minimum Gasteiger partial charge on any atom is -0.478 e. The zero-order valence-electron chi connectivity index (χ0n) is 20.6. The van der Waals surface area contributed by atoms with Crippen molar-refractivity contribution in [1.29, 1.82) is 0 Å². The largest absolute Gasteiger partial charge is 0.478 e. The van der Waals surface area contributed by atoms with Crippen molar-refractivity contribution in [2.24, 2.45) is 0 Å². The number of benzene rings is 3. The molecule has 0 aliphatic heterocycles. The van der Waals surface area contributed by atoms with Crippen LogP contribution in [-0.4, -0.2) is 17.0 Å². The summed E-state index contributed by atoms with van der Waals surface area (Å²) in [6.07, 6.45) is 4.78. The first-order valence-corrected chi connectivity index (χ1v) is 12.2. The van der Waals surface area contributed by atoms with Crippen molar-refractivity contribution in [1.82, 2.24) is 0 Å². The van der Waals surface area contributed by atoms with Gasteiger partial charge in [-0.2, -0.15) is 0 Å². The van der Waals surface area contributed by atoms with Crippen LogP contribution in [0.3, 0.4) is 0 Å². The van der Waals surface area contributed by atoms with E-state index in [2.05, 4.69) is 20.8 Å². The lowest BCUT2D eigenvalue weighted by molar-refractivity contribution is 0.0693. The fraction of sp³-hybridized carbons (Fsp3) is 0.333. The van der Waals surface area contributed by atoms with Crippen molar-refractivity contribution in [2.45, 2.75) is 65.7 Å². The molecule has 0 radical (unpaired) electrons. The summed E-state index contributed by atoms with van der Waals surface area (Å²) in [7, 11) is 0. The molecule has 0 aromatic heterocycles. The highest BCUT2D eigenvalue weighted by Crippen LogP contribution is 2.37. The Balaban J connectivity index is 1.91. The van der Waals surface area contributed by atoms with Crippen molar-refractivity contribution >= 4 is 11.9 Å². The third-order valence-electron chi connectivity index (χ3n) is 6.40. The number of esters is 1. The average Bonchev–Trinajstić information content (AvgIpc) is 2.86. The number of hydrogen-bond acceptors (Lipinski definition) is 3. The Bertz CT molecular complexity index is 1130. The predicted molar refractivity (Wildman–Crippen MR) is 137 cm³/mol. The zero-order valence-corrected chi connectivity index (χ0v) is 20.6. The summed E-state index contributed by atoms with van der Waals surface area (Å²) < 4.78 is 5.57. The summed E-state index contributed by atoms with van der Waals surface area (Å²) in [5.41, 5.74) is 6.10. The Kier molecular flexibility index (Phi) is 8.64. The second kappa shape index (κ2) is 11.6. The van der Waals surface area contributed by atoms with Crippen LogP contribution in [0.25, 0.3) is 11.1 Å². The molecule has 0 saturated carbocycles. The van der Waals surface area contributed by atoms with Gasteiger partial charge in [-0.15, -0.1) is 0 Å². The van der Waals surface area contributed by atoms with Gasteiger partial charge in [-0.25, -0.2) is 9.59 Å². The van der Waals surface area contributed by atoms with Gasteiger partial charge in [-0.1, -0.05) is 70.9 Å². The SMILES string of the molecule is CCCCC(C)c1c(-c2ccc(OC(=O)c3ccc(CC)cc3)cc2)ccc(C(=O)O)c1CC. The first-order valence-electron chi connectivity index (χ1n) is 12.2. The van der Waals surface area contributed by atoms with Crippen LogP contribution in [0.15, 0.2) is 60.7 Å². The van der Waals surface area contributed by atoms with Crippen molar-refractivity contribution in [3.8, 4) is 16.9 Å². The van der Waals surface area contributed by atoms with E-state index in [1.807, 2.05) is 37.3 Å². The number of carbonyl (C=O) groups is 2. The Morgan fingerprint density at radius 1 is 0.882 bits per heavy atom. The summed E-state index contributed by atoms with van der Waals surface area (Å²) in [6, 6.07) is 18.5. The molecule has 0 saturated heterocycles. The Labute approximate surface area is 202 Å². The van der Waals surface area contributed by atoms with Gasteiger partial charge >= 0.3 is 11.9 Å². The lowest BCUT2D eigenvalue weighted by atomic mass is 9.82. The van der Waals surface area contributed by atoms with Gasteiger partial charge in [0.1, 0.15) is 5.75 Å². The molecule has 3 aromatic carbocycles. The summed E-state index contributed by atoms with van der Waals surface area (Å²) in [6.45, 7) is 8.43. The molecule has 3 rings (SSSR count). The van der Waals surface area contributed by atoms with E-state index in [1.54, 1.807) is 30.3 Å². The summed E-state index contributed by atoms with van der Waals surface area (Å²) >= 11 is 0. The summed E-state index contributed by atoms with van der Waals surface area (Å²) in [4.78, 5) is 24.4. The molecule has 0 spiro atoms. The van der Waals surface area contributed by atoms with Crippen LogP contribution in [0.4, 0.5) is 0 Å². The number of carboxylic acid groups (broad SMARTS) is 1. The lowest BCUT2D eigenvalue weighted by Crippen LogP contribution is -2.10. The molecular weight excluding hydrogens is 424 g/mol. The van der Waals surface area contributed by atoms with E-state index < -0.39 is 5.97 Å². The third-order valence-corrected chi connectivity index (χ3v) is 6.40. The monoisotopic (exact) mass is 458 g/mol. The molecule has 4 heteroatoms. The van der Waals surface area contributed by atoms with Crippen LogP contribution < -0.4 is 4.74 Å². The number of hydrogen-bond donors (Lipinski definition) is 1. The molecule has 0 amide bonds. The molecule has 1 atom stereocenters. The van der Waals surface area contributed by atoms with Crippen LogP contribution in [0.5, 0.6) is 5.75 Å².